The van der Waals surface area contributed by atoms with E-state index in [4.69, 9.17) is 0 Å². The van der Waals surface area contributed by atoms with Crippen LogP contribution in [0.25, 0.3) is 5.65 Å². The summed E-state index contributed by atoms with van der Waals surface area (Å²) in [6.07, 6.45) is 3.97. The van der Waals surface area contributed by atoms with Gasteiger partial charge in [-0.2, -0.15) is 5.10 Å². The Morgan fingerprint density at radius 3 is 3.28 bits per heavy atom. The molecule has 18 heavy (non-hydrogen) atoms. The van der Waals surface area contributed by atoms with Crippen molar-refractivity contribution < 1.29 is 0 Å². The second-order valence-electron chi connectivity index (χ2n) is 4.61. The quantitative estimate of drug-likeness (QED) is 0.841. The lowest BCUT2D eigenvalue weighted by Gasteiger charge is -2.32. The highest BCUT2D eigenvalue weighted by atomic mass is 79.9. The van der Waals surface area contributed by atoms with Gasteiger partial charge in [0.05, 0.1) is 0 Å². The van der Waals surface area contributed by atoms with Crippen molar-refractivity contribution in [2.24, 2.45) is 5.92 Å². The lowest BCUT2D eigenvalue weighted by Crippen LogP contribution is -2.36. The van der Waals surface area contributed by atoms with E-state index >= 15 is 0 Å². The normalized spacial score (nSPS) is 20.5. The fraction of sp³-hybridized carbons (Fsp3) is 0.545. The number of halogens is 1. The van der Waals surface area contributed by atoms with Crippen LogP contribution in [-0.2, 0) is 0 Å². The molecule has 1 aliphatic rings. The predicted octanol–water partition coefficient (Wildman–Crippen LogP) is 1.03. The first-order valence-electron chi connectivity index (χ1n) is 6.01. The molecule has 1 atom stereocenters. The van der Waals surface area contributed by atoms with Crippen molar-refractivity contribution in [2.45, 2.75) is 12.8 Å². The van der Waals surface area contributed by atoms with Crippen LogP contribution in [0.2, 0.25) is 0 Å². The van der Waals surface area contributed by atoms with Crippen LogP contribution < -0.4 is 10.6 Å². The van der Waals surface area contributed by atoms with Gasteiger partial charge in [-0.25, -0.2) is 19.3 Å². The second-order valence-corrected chi connectivity index (χ2v) is 5.26. The fourth-order valence-electron chi connectivity index (χ4n) is 2.37. The van der Waals surface area contributed by atoms with Gasteiger partial charge in [-0.3, -0.25) is 0 Å². The number of aromatic nitrogens is 4. The van der Waals surface area contributed by atoms with E-state index in [0.29, 0.717) is 11.6 Å². The number of anilines is 1. The van der Waals surface area contributed by atoms with Gasteiger partial charge >= 0.3 is 5.69 Å². The molecule has 0 spiro atoms. The van der Waals surface area contributed by atoms with Crippen molar-refractivity contribution in [1.29, 1.82) is 0 Å². The van der Waals surface area contributed by atoms with E-state index in [1.165, 1.54) is 23.6 Å². The molecule has 1 saturated heterocycles. The molecule has 3 heterocycles. The molecule has 2 aromatic heterocycles. The van der Waals surface area contributed by atoms with E-state index < -0.39 is 0 Å². The van der Waals surface area contributed by atoms with Gasteiger partial charge in [0.2, 0.25) is 0 Å². The number of nitrogens with zero attached hydrogens (tertiary/aromatic N) is 4. The summed E-state index contributed by atoms with van der Waals surface area (Å²) in [7, 11) is 0. The van der Waals surface area contributed by atoms with Gasteiger partial charge in [-0.1, -0.05) is 15.9 Å². The van der Waals surface area contributed by atoms with Crippen molar-refractivity contribution in [1.82, 2.24) is 19.6 Å². The summed E-state index contributed by atoms with van der Waals surface area (Å²) in [5.74, 6) is 1.56. The maximum Gasteiger partial charge on any atom is 0.348 e. The standard InChI is InChI=1S/C11H14BrN5O/c12-5-8-2-1-3-16(6-8)9-4-10-14-15-11(18)17(10)7-13-9/h4,7-8H,1-3,5-6H2,(H,15,18). The molecule has 7 heteroatoms. The van der Waals surface area contributed by atoms with Crippen LogP contribution >= 0.6 is 15.9 Å². The summed E-state index contributed by atoms with van der Waals surface area (Å²) in [5.41, 5.74) is 0.368. The van der Waals surface area contributed by atoms with E-state index in [1.807, 2.05) is 6.07 Å². The van der Waals surface area contributed by atoms with E-state index in [1.54, 1.807) is 0 Å². The zero-order valence-corrected chi connectivity index (χ0v) is 11.4. The number of piperidine rings is 1. The molecule has 0 bridgehead atoms. The minimum absolute atomic E-state index is 0.249. The van der Waals surface area contributed by atoms with Crippen LogP contribution in [0.15, 0.2) is 17.2 Å². The smallest absolute Gasteiger partial charge is 0.348 e. The number of hydrogen-bond acceptors (Lipinski definition) is 4. The molecule has 3 rings (SSSR count). The Balaban J connectivity index is 1.91. The Labute approximate surface area is 112 Å². The maximum absolute atomic E-state index is 11.3. The highest BCUT2D eigenvalue weighted by Gasteiger charge is 2.20. The van der Waals surface area contributed by atoms with Crippen molar-refractivity contribution >= 4 is 27.4 Å². The Morgan fingerprint density at radius 2 is 2.44 bits per heavy atom. The van der Waals surface area contributed by atoms with Gasteiger partial charge in [0.1, 0.15) is 12.1 Å². The van der Waals surface area contributed by atoms with E-state index in [9.17, 15) is 4.79 Å². The van der Waals surface area contributed by atoms with Crippen LogP contribution in [0.1, 0.15) is 12.8 Å². The van der Waals surface area contributed by atoms with Gasteiger partial charge in [0, 0.05) is 24.5 Å². The van der Waals surface area contributed by atoms with Crippen LogP contribution in [0.3, 0.4) is 0 Å². The second kappa shape index (κ2) is 4.72. The van der Waals surface area contributed by atoms with Gasteiger partial charge in [-0.05, 0) is 18.8 Å². The zero-order chi connectivity index (χ0) is 12.5. The topological polar surface area (TPSA) is 66.3 Å². The Hall–Kier alpha value is -1.37. The summed E-state index contributed by atoms with van der Waals surface area (Å²) in [6, 6.07) is 1.86. The number of nitrogens with one attached hydrogen (secondary N) is 1. The number of alkyl halides is 1. The summed E-state index contributed by atoms with van der Waals surface area (Å²) >= 11 is 3.54. The largest absolute Gasteiger partial charge is 0.356 e. The summed E-state index contributed by atoms with van der Waals surface area (Å²) in [6.45, 7) is 2.02. The first-order chi connectivity index (χ1) is 8.78. The average molecular weight is 312 g/mol. The Morgan fingerprint density at radius 1 is 1.56 bits per heavy atom. The molecule has 0 amide bonds. The number of H-pyrrole nitrogens is 1. The lowest BCUT2D eigenvalue weighted by atomic mass is 10.0. The molecule has 1 aliphatic heterocycles. The number of fused-ring (bicyclic) bond motifs is 1. The monoisotopic (exact) mass is 311 g/mol. The van der Waals surface area contributed by atoms with Gasteiger partial charge in [0.15, 0.2) is 5.65 Å². The third-order valence-corrected chi connectivity index (χ3v) is 4.27. The van der Waals surface area contributed by atoms with Gasteiger partial charge in [-0.15, -0.1) is 0 Å². The maximum atomic E-state index is 11.3. The first kappa shape index (κ1) is 11.7. The van der Waals surface area contributed by atoms with E-state index in [-0.39, 0.29) is 5.69 Å². The highest BCUT2D eigenvalue weighted by Crippen LogP contribution is 2.22. The predicted molar refractivity (Wildman–Crippen MR) is 72.3 cm³/mol. The summed E-state index contributed by atoms with van der Waals surface area (Å²) in [5, 5.41) is 7.40. The van der Waals surface area contributed by atoms with Crippen molar-refractivity contribution in [3.8, 4) is 0 Å². The zero-order valence-electron chi connectivity index (χ0n) is 9.84. The number of aromatic amines is 1. The molecule has 0 aromatic carbocycles. The van der Waals surface area contributed by atoms with Gasteiger partial charge in [0.25, 0.3) is 0 Å². The van der Waals surface area contributed by atoms with Crippen LogP contribution in [0, 0.1) is 5.92 Å². The molecule has 0 saturated carbocycles. The molecule has 1 N–H and O–H groups in total. The molecule has 1 unspecified atom stereocenters. The summed E-state index contributed by atoms with van der Waals surface area (Å²) in [4.78, 5) is 18.0. The number of hydrogen-bond donors (Lipinski definition) is 1. The van der Waals surface area contributed by atoms with Crippen molar-refractivity contribution in [3.05, 3.63) is 22.9 Å². The van der Waals surface area contributed by atoms with Crippen LogP contribution in [0.4, 0.5) is 5.82 Å². The molecule has 6 nitrogen and oxygen atoms in total. The summed E-state index contributed by atoms with van der Waals surface area (Å²) < 4.78 is 1.41. The SMILES string of the molecule is O=c1[nH]nc2cc(N3CCCC(CBr)C3)ncn12. The Bertz CT molecular complexity index is 607. The molecular weight excluding hydrogens is 298 g/mol. The molecular formula is C11H14BrN5O. The third kappa shape index (κ3) is 2.03. The Kier molecular flexibility index (Phi) is 3.07. The van der Waals surface area contributed by atoms with Crippen LogP contribution in [-0.4, -0.2) is 38.0 Å². The van der Waals surface area contributed by atoms with Crippen LogP contribution in [0.5, 0.6) is 0 Å². The van der Waals surface area contributed by atoms with E-state index in [2.05, 4.69) is 36.0 Å². The minimum Gasteiger partial charge on any atom is -0.356 e. The highest BCUT2D eigenvalue weighted by molar-refractivity contribution is 9.09. The number of rotatable bonds is 2. The third-order valence-electron chi connectivity index (χ3n) is 3.36. The van der Waals surface area contributed by atoms with Gasteiger partial charge < -0.3 is 4.90 Å². The fourth-order valence-corrected chi connectivity index (χ4v) is 2.90. The average Bonchev–Trinajstić information content (AvgIpc) is 2.80. The van der Waals surface area contributed by atoms with Crippen molar-refractivity contribution in [3.63, 3.8) is 0 Å². The molecule has 96 valence electrons. The first-order valence-corrected chi connectivity index (χ1v) is 7.14. The van der Waals surface area contributed by atoms with E-state index in [0.717, 1.165) is 24.2 Å². The molecule has 2 aromatic rings. The lowest BCUT2D eigenvalue weighted by molar-refractivity contribution is 0.452. The molecule has 1 fully saturated rings. The minimum atomic E-state index is -0.249. The van der Waals surface area contributed by atoms with Crippen molar-refractivity contribution in [2.75, 3.05) is 23.3 Å². The molecule has 0 radical (unpaired) electrons. The molecule has 0 aliphatic carbocycles.